The minimum absolute atomic E-state index is 0.0226. The highest BCUT2D eigenvalue weighted by Gasteiger charge is 2.70. The van der Waals surface area contributed by atoms with Gasteiger partial charge in [-0.25, -0.2) is 0 Å². The SMILES string of the molecule is COc1ccc(C23C(=O)N(Nc4ccc(Cl)cc4Cl)C(=O)C2CC2C(=CCC4C(=O)N(CCCC(=O)O)C(=O)C42)C3c2cccc(O)c2)cc1. The van der Waals surface area contributed by atoms with E-state index in [1.165, 1.54) is 19.2 Å². The number of methoxy groups -OCH3 is 1. The van der Waals surface area contributed by atoms with Crippen LogP contribution in [0.2, 0.25) is 10.0 Å². The molecule has 13 heteroatoms. The molecule has 0 spiro atoms. The van der Waals surface area contributed by atoms with Crippen LogP contribution in [0.3, 0.4) is 0 Å². The van der Waals surface area contributed by atoms with Gasteiger partial charge in [-0.15, -0.1) is 0 Å². The molecule has 1 saturated carbocycles. The molecule has 3 aromatic carbocycles. The molecule has 11 nitrogen and oxygen atoms in total. The molecule has 0 bridgehead atoms. The monoisotopic (exact) mass is 717 g/mol. The Balaban J connectivity index is 1.40. The van der Waals surface area contributed by atoms with Crippen molar-refractivity contribution >= 4 is 58.5 Å². The molecule has 2 heterocycles. The number of halogens is 2. The number of benzene rings is 3. The molecule has 0 radical (unpaired) electrons. The Morgan fingerprint density at radius 1 is 0.980 bits per heavy atom. The summed E-state index contributed by atoms with van der Waals surface area (Å²) in [6.45, 7) is -0.0226. The second-order valence-corrected chi connectivity index (χ2v) is 14.0. The quantitative estimate of drug-likeness (QED) is 0.191. The number of likely N-dealkylation sites (tertiary alicyclic amines) is 1. The highest BCUT2D eigenvalue weighted by atomic mass is 35.5. The van der Waals surface area contributed by atoms with Crippen molar-refractivity contribution in [3.63, 3.8) is 0 Å². The number of phenols is 1. The molecule has 50 heavy (non-hydrogen) atoms. The zero-order valence-electron chi connectivity index (χ0n) is 26.8. The largest absolute Gasteiger partial charge is 0.508 e. The summed E-state index contributed by atoms with van der Waals surface area (Å²) in [5.74, 6) is -6.34. The number of carboxylic acid groups (broad SMARTS) is 1. The molecule has 2 aliphatic heterocycles. The fourth-order valence-electron chi connectivity index (χ4n) is 8.60. The van der Waals surface area contributed by atoms with Crippen LogP contribution in [0.5, 0.6) is 11.5 Å². The van der Waals surface area contributed by atoms with Gasteiger partial charge in [-0.1, -0.05) is 59.1 Å². The summed E-state index contributed by atoms with van der Waals surface area (Å²) >= 11 is 12.6. The van der Waals surface area contributed by atoms with Crippen molar-refractivity contribution in [1.29, 1.82) is 0 Å². The lowest BCUT2D eigenvalue weighted by Gasteiger charge is -2.50. The van der Waals surface area contributed by atoms with Gasteiger partial charge < -0.3 is 14.9 Å². The van der Waals surface area contributed by atoms with E-state index in [-0.39, 0.29) is 54.6 Å². The highest BCUT2D eigenvalue weighted by molar-refractivity contribution is 6.36. The maximum Gasteiger partial charge on any atom is 0.303 e. The summed E-state index contributed by atoms with van der Waals surface area (Å²) in [6, 6.07) is 18.1. The van der Waals surface area contributed by atoms with Gasteiger partial charge in [0, 0.05) is 23.9 Å². The number of nitrogens with zero attached hydrogens (tertiary/aromatic N) is 2. The van der Waals surface area contributed by atoms with Crippen molar-refractivity contribution in [3.05, 3.63) is 99.6 Å². The van der Waals surface area contributed by atoms with Crippen molar-refractivity contribution in [2.75, 3.05) is 19.1 Å². The van der Waals surface area contributed by atoms with Gasteiger partial charge in [0.05, 0.1) is 41.0 Å². The van der Waals surface area contributed by atoms with Gasteiger partial charge in [0.25, 0.3) is 11.8 Å². The van der Waals surface area contributed by atoms with Gasteiger partial charge in [0.2, 0.25) is 11.8 Å². The van der Waals surface area contributed by atoms with E-state index in [9.17, 15) is 24.3 Å². The first-order valence-electron chi connectivity index (χ1n) is 16.3. The first-order chi connectivity index (χ1) is 24.0. The molecule has 4 aliphatic rings. The van der Waals surface area contributed by atoms with E-state index < -0.39 is 58.7 Å². The van der Waals surface area contributed by atoms with Crippen LogP contribution < -0.4 is 10.2 Å². The van der Waals surface area contributed by atoms with Crippen LogP contribution >= 0.6 is 23.2 Å². The van der Waals surface area contributed by atoms with E-state index in [2.05, 4.69) is 5.43 Å². The summed E-state index contributed by atoms with van der Waals surface area (Å²) in [7, 11) is 1.52. The maximum absolute atomic E-state index is 15.2. The van der Waals surface area contributed by atoms with Crippen LogP contribution in [-0.2, 0) is 29.4 Å². The Morgan fingerprint density at radius 3 is 2.42 bits per heavy atom. The number of allylic oxidation sites excluding steroid dienone is 2. The molecule has 2 aliphatic carbocycles. The number of ether oxygens (including phenoxy) is 1. The second-order valence-electron chi connectivity index (χ2n) is 13.1. The third kappa shape index (κ3) is 5.22. The standard InChI is InChI=1S/C37H33Cl2N3O8/c1-50-23-10-7-20(8-11-23)37-27(34(47)42(36(37)49)40-29-14-9-21(38)17-28(29)39)18-26-24(32(37)19-4-2-5-22(43)16-19)12-13-25-31(26)35(48)41(33(25)46)15-3-6-30(44)45/h2,4-5,7-12,14,16-17,25-27,31-32,40,43H,3,6,13,15,18H2,1H3,(H,44,45). The zero-order chi connectivity index (χ0) is 35.5. The van der Waals surface area contributed by atoms with Crippen LogP contribution in [0, 0.1) is 23.7 Å². The summed E-state index contributed by atoms with van der Waals surface area (Å²) in [5, 5.41) is 21.4. The number of nitrogens with one attached hydrogen (secondary N) is 1. The summed E-state index contributed by atoms with van der Waals surface area (Å²) < 4.78 is 5.42. The third-order valence-corrected chi connectivity index (χ3v) is 11.2. The predicted molar refractivity (Wildman–Crippen MR) is 182 cm³/mol. The summed E-state index contributed by atoms with van der Waals surface area (Å²) in [6.07, 6.45) is 2.14. The molecule has 3 N–H and O–H groups in total. The number of fused-ring (bicyclic) bond motifs is 4. The van der Waals surface area contributed by atoms with Crippen LogP contribution in [0.1, 0.15) is 42.7 Å². The number of aliphatic carboxylic acids is 1. The molecule has 3 aromatic rings. The van der Waals surface area contributed by atoms with Crippen LogP contribution in [0.4, 0.5) is 5.69 Å². The van der Waals surface area contributed by atoms with E-state index in [1.807, 2.05) is 6.08 Å². The molecule has 6 unspecified atom stereocenters. The van der Waals surface area contributed by atoms with E-state index >= 15 is 4.79 Å². The Morgan fingerprint density at radius 2 is 1.74 bits per heavy atom. The molecule has 2 saturated heterocycles. The highest BCUT2D eigenvalue weighted by Crippen LogP contribution is 2.64. The lowest BCUT2D eigenvalue weighted by atomic mass is 9.49. The fraction of sp³-hybridized carbons (Fsp3) is 0.324. The second kappa shape index (κ2) is 12.8. The van der Waals surface area contributed by atoms with Gasteiger partial charge in [0.15, 0.2) is 0 Å². The van der Waals surface area contributed by atoms with Crippen molar-refractivity contribution in [2.24, 2.45) is 23.7 Å². The van der Waals surface area contributed by atoms with Gasteiger partial charge in [-0.3, -0.25) is 34.3 Å². The van der Waals surface area contributed by atoms with Gasteiger partial charge in [0.1, 0.15) is 11.5 Å². The van der Waals surface area contributed by atoms with E-state index in [4.69, 9.17) is 33.0 Å². The molecule has 3 fully saturated rings. The van der Waals surface area contributed by atoms with Gasteiger partial charge in [-0.05, 0) is 78.8 Å². The predicted octanol–water partition coefficient (Wildman–Crippen LogP) is 5.56. The van der Waals surface area contributed by atoms with Crippen LogP contribution in [0.25, 0.3) is 0 Å². The first-order valence-corrected chi connectivity index (χ1v) is 17.0. The number of hydrazine groups is 1. The van der Waals surface area contributed by atoms with E-state index in [1.54, 1.807) is 54.6 Å². The normalized spacial score (nSPS) is 27.1. The number of aromatic hydroxyl groups is 1. The minimum Gasteiger partial charge on any atom is -0.508 e. The van der Waals surface area contributed by atoms with Gasteiger partial charge in [-0.2, -0.15) is 5.01 Å². The molecule has 6 atom stereocenters. The number of rotatable bonds is 9. The maximum atomic E-state index is 15.2. The van der Waals surface area contributed by atoms with Crippen molar-refractivity contribution in [3.8, 4) is 11.5 Å². The number of hydrogen-bond donors (Lipinski definition) is 3. The Hall–Kier alpha value is -4.87. The Bertz CT molecular complexity index is 1970. The van der Waals surface area contributed by atoms with Crippen molar-refractivity contribution < 1.29 is 38.9 Å². The number of anilines is 1. The summed E-state index contributed by atoms with van der Waals surface area (Å²) in [5.41, 5.74) is 3.50. The van der Waals surface area contributed by atoms with Crippen molar-refractivity contribution in [1.82, 2.24) is 9.91 Å². The molecule has 0 aromatic heterocycles. The van der Waals surface area contributed by atoms with E-state index in [0.717, 1.165) is 15.5 Å². The van der Waals surface area contributed by atoms with E-state index in [0.29, 0.717) is 21.9 Å². The number of hydrogen-bond acceptors (Lipinski definition) is 8. The number of amides is 4. The topological polar surface area (TPSA) is 154 Å². The number of imide groups is 2. The average Bonchev–Trinajstić information content (AvgIpc) is 3.46. The third-order valence-electron chi connectivity index (χ3n) is 10.6. The first kappa shape index (κ1) is 33.6. The Labute approximate surface area is 297 Å². The van der Waals surface area contributed by atoms with Crippen LogP contribution in [-0.4, -0.2) is 63.4 Å². The summed E-state index contributed by atoms with van der Waals surface area (Å²) in [4.78, 5) is 70.0. The smallest absolute Gasteiger partial charge is 0.303 e. The fourth-order valence-corrected chi connectivity index (χ4v) is 9.05. The number of carbonyl (C=O) groups is 5. The zero-order valence-corrected chi connectivity index (χ0v) is 28.4. The minimum atomic E-state index is -1.55. The molecular formula is C37H33Cl2N3O8. The molecular weight excluding hydrogens is 685 g/mol. The molecule has 4 amide bonds. The molecule has 7 rings (SSSR count). The van der Waals surface area contributed by atoms with Gasteiger partial charge >= 0.3 is 5.97 Å². The number of carbonyl (C=O) groups excluding carboxylic acids is 4. The Kier molecular flexibility index (Phi) is 8.60. The number of phenolic OH excluding ortho intramolecular Hbond substituents is 1. The average molecular weight is 719 g/mol. The lowest BCUT2D eigenvalue weighted by molar-refractivity contribution is -0.142. The molecule has 258 valence electrons. The van der Waals surface area contributed by atoms with Crippen molar-refractivity contribution in [2.45, 2.75) is 37.0 Å². The lowest BCUT2D eigenvalue weighted by Crippen LogP contribution is -2.53. The van der Waals surface area contributed by atoms with Crippen LogP contribution in [0.15, 0.2) is 78.4 Å². The number of carboxylic acids is 1.